The molecule has 1 N–H and O–H groups in total. The van der Waals surface area contributed by atoms with Gasteiger partial charge in [-0.1, -0.05) is 11.6 Å². The number of carbonyl (C=O) groups is 1. The molecule has 0 radical (unpaired) electrons. The van der Waals surface area contributed by atoms with Gasteiger partial charge in [-0.05, 0) is 37.3 Å². The highest BCUT2D eigenvalue weighted by molar-refractivity contribution is 7.92. The van der Waals surface area contributed by atoms with Crippen molar-refractivity contribution in [2.45, 2.75) is 6.92 Å². The predicted molar refractivity (Wildman–Crippen MR) is 106 cm³/mol. The summed E-state index contributed by atoms with van der Waals surface area (Å²) in [6.07, 6.45) is 0. The molecule has 1 aliphatic heterocycles. The van der Waals surface area contributed by atoms with Crippen molar-refractivity contribution >= 4 is 38.9 Å². The minimum absolute atomic E-state index is 0.0675. The molecule has 0 bridgehead atoms. The van der Waals surface area contributed by atoms with Crippen molar-refractivity contribution in [1.29, 1.82) is 0 Å². The quantitative estimate of drug-likeness (QED) is 0.731. The number of benzene rings is 2. The molecule has 3 rings (SSSR count). The standard InChI is InChI=1S/C18H19ClN2O6S/c1-3-28(23,24)21(13-5-7-16-17(9-13)27-11-26-16)10-18(22)20-12-4-6-15(25-2)14(19)8-12/h4-9H,3,10-11H2,1-2H3,(H,20,22). The zero-order valence-corrected chi connectivity index (χ0v) is 16.8. The van der Waals surface area contributed by atoms with Gasteiger partial charge in [-0.2, -0.15) is 0 Å². The molecule has 2 aromatic rings. The fourth-order valence-corrected chi connectivity index (χ4v) is 3.94. The number of sulfonamides is 1. The number of ether oxygens (including phenoxy) is 3. The molecular formula is C18H19ClN2O6S. The number of carbonyl (C=O) groups excluding carboxylic acids is 1. The van der Waals surface area contributed by atoms with Crippen LogP contribution in [0.4, 0.5) is 11.4 Å². The second-order valence-electron chi connectivity index (χ2n) is 5.84. The molecule has 1 aliphatic rings. The highest BCUT2D eigenvalue weighted by Crippen LogP contribution is 2.36. The summed E-state index contributed by atoms with van der Waals surface area (Å²) in [6, 6.07) is 9.46. The van der Waals surface area contributed by atoms with Crippen LogP contribution in [-0.2, 0) is 14.8 Å². The van der Waals surface area contributed by atoms with Gasteiger partial charge in [0.1, 0.15) is 12.3 Å². The molecule has 0 unspecified atom stereocenters. The van der Waals surface area contributed by atoms with Crippen molar-refractivity contribution < 1.29 is 27.4 Å². The second kappa shape index (κ2) is 8.15. The molecule has 0 aliphatic carbocycles. The fourth-order valence-electron chi connectivity index (χ4n) is 2.62. The molecule has 0 saturated heterocycles. The zero-order valence-electron chi connectivity index (χ0n) is 15.3. The van der Waals surface area contributed by atoms with Crippen LogP contribution < -0.4 is 23.8 Å². The molecule has 28 heavy (non-hydrogen) atoms. The fraction of sp³-hybridized carbons (Fsp3) is 0.278. The molecule has 0 aromatic heterocycles. The van der Waals surface area contributed by atoms with Gasteiger partial charge >= 0.3 is 0 Å². The summed E-state index contributed by atoms with van der Waals surface area (Å²) in [7, 11) is -2.22. The number of anilines is 2. The Morgan fingerprint density at radius 2 is 1.96 bits per heavy atom. The minimum Gasteiger partial charge on any atom is -0.495 e. The average Bonchev–Trinajstić information content (AvgIpc) is 3.14. The van der Waals surface area contributed by atoms with E-state index in [2.05, 4.69) is 5.32 Å². The average molecular weight is 427 g/mol. The highest BCUT2D eigenvalue weighted by atomic mass is 35.5. The van der Waals surface area contributed by atoms with Crippen LogP contribution in [0.3, 0.4) is 0 Å². The molecule has 2 aromatic carbocycles. The van der Waals surface area contributed by atoms with E-state index in [0.29, 0.717) is 33.6 Å². The van der Waals surface area contributed by atoms with E-state index in [1.54, 1.807) is 24.3 Å². The van der Waals surface area contributed by atoms with E-state index in [-0.39, 0.29) is 12.5 Å². The van der Waals surface area contributed by atoms with Gasteiger partial charge in [0, 0.05) is 11.8 Å². The Balaban J connectivity index is 1.82. The number of hydrogen-bond donors (Lipinski definition) is 1. The smallest absolute Gasteiger partial charge is 0.245 e. The van der Waals surface area contributed by atoms with Crippen LogP contribution >= 0.6 is 11.6 Å². The number of hydrogen-bond acceptors (Lipinski definition) is 6. The van der Waals surface area contributed by atoms with Gasteiger partial charge in [0.25, 0.3) is 0 Å². The van der Waals surface area contributed by atoms with Crippen LogP contribution in [0.1, 0.15) is 6.92 Å². The summed E-state index contributed by atoms with van der Waals surface area (Å²) >= 11 is 6.06. The van der Waals surface area contributed by atoms with Crippen molar-refractivity contribution in [3.05, 3.63) is 41.4 Å². The van der Waals surface area contributed by atoms with E-state index in [1.807, 2.05) is 0 Å². The van der Waals surface area contributed by atoms with Crippen LogP contribution in [0.25, 0.3) is 0 Å². The lowest BCUT2D eigenvalue weighted by molar-refractivity contribution is -0.114. The third-order valence-corrected chi connectivity index (χ3v) is 6.10. The first kappa shape index (κ1) is 20.1. The summed E-state index contributed by atoms with van der Waals surface area (Å²) in [5, 5.41) is 2.97. The van der Waals surface area contributed by atoms with E-state index < -0.39 is 22.5 Å². The minimum atomic E-state index is -3.71. The van der Waals surface area contributed by atoms with Crippen molar-refractivity contribution in [2.24, 2.45) is 0 Å². The largest absolute Gasteiger partial charge is 0.495 e. The molecule has 1 heterocycles. The maximum Gasteiger partial charge on any atom is 0.245 e. The van der Waals surface area contributed by atoms with Gasteiger partial charge in [0.15, 0.2) is 11.5 Å². The number of methoxy groups -OCH3 is 1. The van der Waals surface area contributed by atoms with E-state index >= 15 is 0 Å². The van der Waals surface area contributed by atoms with Gasteiger partial charge in [0.2, 0.25) is 22.7 Å². The SMILES string of the molecule is CCS(=O)(=O)N(CC(=O)Nc1ccc(OC)c(Cl)c1)c1ccc2c(c1)OCO2. The number of halogens is 1. The third kappa shape index (κ3) is 4.26. The Kier molecular flexibility index (Phi) is 5.85. The maximum atomic E-state index is 12.6. The summed E-state index contributed by atoms with van der Waals surface area (Å²) in [5.74, 6) is 0.737. The van der Waals surface area contributed by atoms with Crippen LogP contribution in [0, 0.1) is 0 Å². The van der Waals surface area contributed by atoms with Gasteiger partial charge < -0.3 is 19.5 Å². The Morgan fingerprint density at radius 1 is 1.21 bits per heavy atom. The first-order valence-electron chi connectivity index (χ1n) is 8.37. The number of amides is 1. The molecule has 150 valence electrons. The van der Waals surface area contributed by atoms with Gasteiger partial charge in [-0.15, -0.1) is 0 Å². The van der Waals surface area contributed by atoms with Crippen LogP contribution in [0.2, 0.25) is 5.02 Å². The summed E-state index contributed by atoms with van der Waals surface area (Å²) in [6.45, 7) is 1.17. The Hall–Kier alpha value is -2.65. The Morgan fingerprint density at radius 3 is 2.64 bits per heavy atom. The van der Waals surface area contributed by atoms with Crippen molar-refractivity contribution in [2.75, 3.05) is 35.8 Å². The van der Waals surface area contributed by atoms with Crippen LogP contribution in [0.5, 0.6) is 17.2 Å². The normalized spacial score (nSPS) is 12.5. The molecule has 0 atom stereocenters. The Labute approximate surface area is 168 Å². The lowest BCUT2D eigenvalue weighted by Crippen LogP contribution is -2.39. The van der Waals surface area contributed by atoms with E-state index in [0.717, 1.165) is 4.31 Å². The summed E-state index contributed by atoms with van der Waals surface area (Å²) < 4.78 is 41.8. The maximum absolute atomic E-state index is 12.6. The van der Waals surface area contributed by atoms with E-state index in [9.17, 15) is 13.2 Å². The first-order chi connectivity index (χ1) is 13.3. The molecule has 0 saturated carbocycles. The Bertz CT molecular complexity index is 996. The topological polar surface area (TPSA) is 94.2 Å². The molecule has 8 nitrogen and oxygen atoms in total. The van der Waals surface area contributed by atoms with Crippen molar-refractivity contribution in [3.63, 3.8) is 0 Å². The third-order valence-electron chi connectivity index (χ3n) is 4.07. The van der Waals surface area contributed by atoms with E-state index in [1.165, 1.54) is 26.2 Å². The molecule has 1 amide bonds. The molecule has 0 fully saturated rings. The predicted octanol–water partition coefficient (Wildman–Crippen LogP) is 2.87. The lowest BCUT2D eigenvalue weighted by atomic mass is 10.2. The lowest BCUT2D eigenvalue weighted by Gasteiger charge is -2.23. The number of fused-ring (bicyclic) bond motifs is 1. The van der Waals surface area contributed by atoms with Gasteiger partial charge in [-0.25, -0.2) is 8.42 Å². The number of nitrogens with one attached hydrogen (secondary N) is 1. The van der Waals surface area contributed by atoms with Crippen LogP contribution in [-0.4, -0.2) is 40.5 Å². The summed E-state index contributed by atoms with van der Waals surface area (Å²) in [4.78, 5) is 12.5. The van der Waals surface area contributed by atoms with E-state index in [4.69, 9.17) is 25.8 Å². The second-order valence-corrected chi connectivity index (χ2v) is 8.43. The first-order valence-corrected chi connectivity index (χ1v) is 10.4. The molecule has 10 heteroatoms. The molecule has 0 spiro atoms. The summed E-state index contributed by atoms with van der Waals surface area (Å²) in [5.41, 5.74) is 0.740. The molecular weight excluding hydrogens is 408 g/mol. The number of rotatable bonds is 7. The monoisotopic (exact) mass is 426 g/mol. The zero-order chi connectivity index (χ0) is 20.3. The van der Waals surface area contributed by atoms with Crippen molar-refractivity contribution in [3.8, 4) is 17.2 Å². The highest BCUT2D eigenvalue weighted by Gasteiger charge is 2.26. The van der Waals surface area contributed by atoms with Gasteiger partial charge in [-0.3, -0.25) is 9.10 Å². The van der Waals surface area contributed by atoms with Crippen LogP contribution in [0.15, 0.2) is 36.4 Å². The number of nitrogens with zero attached hydrogens (tertiary/aromatic N) is 1. The van der Waals surface area contributed by atoms with Crippen molar-refractivity contribution in [1.82, 2.24) is 0 Å². The van der Waals surface area contributed by atoms with Gasteiger partial charge in [0.05, 0.1) is 23.6 Å².